The largest absolute Gasteiger partial charge is 0.351 e. The Balaban J connectivity index is 1.64. The molecule has 2 aromatic carbocycles. The molecule has 1 saturated heterocycles. The number of rotatable bonds is 5. The third kappa shape index (κ3) is 4.02. The lowest BCUT2D eigenvalue weighted by atomic mass is 9.99. The predicted molar refractivity (Wildman–Crippen MR) is 134 cm³/mol. The zero-order valence-corrected chi connectivity index (χ0v) is 19.3. The van der Waals surface area contributed by atoms with Crippen molar-refractivity contribution in [2.24, 2.45) is 0 Å². The zero-order chi connectivity index (χ0) is 22.9. The molecule has 0 amide bonds. The van der Waals surface area contributed by atoms with Gasteiger partial charge in [0.05, 0.1) is 11.7 Å². The smallest absolute Gasteiger partial charge is 0.174 e. The normalized spacial score (nSPS) is 18.1. The Labute approximate surface area is 198 Å². The lowest BCUT2D eigenvalue weighted by Gasteiger charge is -2.29. The van der Waals surface area contributed by atoms with E-state index in [2.05, 4.69) is 59.4 Å². The Morgan fingerprint density at radius 3 is 2.45 bits per heavy atom. The zero-order valence-electron chi connectivity index (χ0n) is 18.5. The summed E-state index contributed by atoms with van der Waals surface area (Å²) >= 11 is 5.83. The minimum absolute atomic E-state index is 0.161. The van der Waals surface area contributed by atoms with Crippen molar-refractivity contribution in [1.29, 1.82) is 0 Å². The monoisotopic (exact) mass is 456 g/mol. The topological polar surface area (TPSA) is 33.1 Å². The van der Waals surface area contributed by atoms with Gasteiger partial charge in [-0.25, -0.2) is 4.39 Å². The first-order valence-electron chi connectivity index (χ1n) is 11.1. The van der Waals surface area contributed by atoms with E-state index in [4.69, 9.17) is 12.2 Å². The molecule has 0 saturated carbocycles. The Kier molecular flexibility index (Phi) is 5.68. The first-order valence-corrected chi connectivity index (χ1v) is 11.5. The molecule has 0 spiro atoms. The number of halogens is 1. The molecule has 0 bridgehead atoms. The number of hydrogen-bond acceptors (Lipinski definition) is 2. The van der Waals surface area contributed by atoms with Gasteiger partial charge in [0.2, 0.25) is 0 Å². The van der Waals surface area contributed by atoms with Gasteiger partial charge in [0.15, 0.2) is 5.11 Å². The second-order valence-electron chi connectivity index (χ2n) is 8.53. The summed E-state index contributed by atoms with van der Waals surface area (Å²) in [5.74, 6) is 0.180. The van der Waals surface area contributed by atoms with Crippen LogP contribution in [0.15, 0.2) is 91.3 Å². The number of aromatic nitrogens is 2. The Hall–Kier alpha value is -3.51. The van der Waals surface area contributed by atoms with E-state index in [1.165, 1.54) is 11.6 Å². The highest BCUT2D eigenvalue weighted by Crippen LogP contribution is 2.42. The minimum Gasteiger partial charge on any atom is -0.351 e. The van der Waals surface area contributed by atoms with Crippen LogP contribution in [0.2, 0.25) is 0 Å². The number of nitrogens with zero attached hydrogens (tertiary/aromatic N) is 3. The number of hydrogen-bond donors (Lipinski definition) is 1. The van der Waals surface area contributed by atoms with Gasteiger partial charge in [-0.2, -0.15) is 0 Å². The maximum atomic E-state index is 14.0. The molecule has 33 heavy (non-hydrogen) atoms. The first kappa shape index (κ1) is 21.3. The Morgan fingerprint density at radius 1 is 0.939 bits per heavy atom. The van der Waals surface area contributed by atoms with E-state index >= 15 is 0 Å². The van der Waals surface area contributed by atoms with Crippen LogP contribution in [0.4, 0.5) is 10.1 Å². The van der Waals surface area contributed by atoms with Gasteiger partial charge in [-0.1, -0.05) is 38.1 Å². The van der Waals surface area contributed by atoms with Crippen molar-refractivity contribution in [2.75, 3.05) is 4.90 Å². The minimum atomic E-state index is -0.269. The highest BCUT2D eigenvalue weighted by atomic mass is 32.1. The third-order valence-corrected chi connectivity index (χ3v) is 6.42. The average molecular weight is 457 g/mol. The van der Waals surface area contributed by atoms with Gasteiger partial charge in [0, 0.05) is 29.5 Å². The second-order valence-corrected chi connectivity index (χ2v) is 8.91. The molecule has 4 aromatic rings. The van der Waals surface area contributed by atoms with Crippen molar-refractivity contribution in [3.8, 4) is 5.69 Å². The van der Waals surface area contributed by atoms with Crippen molar-refractivity contribution in [3.05, 3.63) is 114 Å². The summed E-state index contributed by atoms with van der Waals surface area (Å²) in [4.78, 5) is 6.76. The van der Waals surface area contributed by atoms with Crippen molar-refractivity contribution < 1.29 is 4.39 Å². The van der Waals surface area contributed by atoms with Crippen LogP contribution in [0.1, 0.15) is 48.8 Å². The first-order chi connectivity index (χ1) is 16.0. The number of benzene rings is 2. The van der Waals surface area contributed by atoms with Crippen LogP contribution in [0.3, 0.4) is 0 Å². The molecule has 166 valence electrons. The highest BCUT2D eigenvalue weighted by Gasteiger charge is 2.42. The van der Waals surface area contributed by atoms with E-state index in [1.807, 2.05) is 41.1 Å². The number of anilines is 1. The van der Waals surface area contributed by atoms with Gasteiger partial charge in [-0.05, 0) is 78.3 Å². The molecular weight excluding hydrogens is 431 g/mol. The van der Waals surface area contributed by atoms with Crippen LogP contribution in [0.5, 0.6) is 0 Å². The molecule has 1 aliphatic heterocycles. The van der Waals surface area contributed by atoms with Crippen LogP contribution in [-0.4, -0.2) is 14.7 Å². The Bertz CT molecular complexity index is 1270. The molecule has 1 fully saturated rings. The van der Waals surface area contributed by atoms with E-state index in [0.717, 1.165) is 22.8 Å². The fraction of sp³-hybridized carbons (Fsp3) is 0.185. The number of nitrogens with one attached hydrogen (secondary N) is 1. The van der Waals surface area contributed by atoms with E-state index in [9.17, 15) is 4.39 Å². The summed E-state index contributed by atoms with van der Waals surface area (Å²) in [6.45, 7) is 4.37. The molecule has 2 atom stereocenters. The molecule has 6 heteroatoms. The number of pyridine rings is 1. The number of thiocarbonyl (C=S) groups is 1. The molecule has 3 heterocycles. The predicted octanol–water partition coefficient (Wildman–Crippen LogP) is 6.31. The second kappa shape index (κ2) is 8.79. The van der Waals surface area contributed by atoms with Crippen molar-refractivity contribution in [3.63, 3.8) is 0 Å². The highest BCUT2D eigenvalue weighted by molar-refractivity contribution is 7.80. The Morgan fingerprint density at radius 2 is 1.76 bits per heavy atom. The van der Waals surface area contributed by atoms with Crippen molar-refractivity contribution in [1.82, 2.24) is 14.9 Å². The lowest BCUT2D eigenvalue weighted by molar-refractivity contribution is 0.549. The fourth-order valence-corrected chi connectivity index (χ4v) is 4.80. The summed E-state index contributed by atoms with van der Waals surface area (Å²) < 4.78 is 16.1. The third-order valence-electron chi connectivity index (χ3n) is 6.11. The van der Waals surface area contributed by atoms with Gasteiger partial charge >= 0.3 is 0 Å². The standard InChI is InChI=1S/C27H25FN4S/c1-18(2)19-11-13-21(14-12-19)32-26(25(30-27(32)33)23-9-3-4-15-29-23)24-10-6-16-31(24)22-8-5-7-20(28)17-22/h3-18,25-26H,1-2H3,(H,30,33)/t25-,26-/m0/s1. The molecule has 1 N–H and O–H groups in total. The molecule has 0 radical (unpaired) electrons. The van der Waals surface area contributed by atoms with E-state index in [1.54, 1.807) is 18.3 Å². The van der Waals surface area contributed by atoms with Gasteiger partial charge in [-0.3, -0.25) is 4.98 Å². The van der Waals surface area contributed by atoms with Gasteiger partial charge < -0.3 is 14.8 Å². The van der Waals surface area contributed by atoms with Crippen molar-refractivity contribution >= 4 is 23.0 Å². The summed E-state index contributed by atoms with van der Waals surface area (Å²) in [6, 6.07) is 24.8. The van der Waals surface area contributed by atoms with Crippen LogP contribution >= 0.6 is 12.2 Å². The van der Waals surface area contributed by atoms with Crippen LogP contribution in [-0.2, 0) is 0 Å². The fourth-order valence-electron chi connectivity index (χ4n) is 4.45. The maximum Gasteiger partial charge on any atom is 0.174 e. The summed E-state index contributed by atoms with van der Waals surface area (Å²) in [7, 11) is 0. The van der Waals surface area contributed by atoms with Crippen molar-refractivity contribution in [2.45, 2.75) is 31.8 Å². The van der Waals surface area contributed by atoms with E-state index in [0.29, 0.717) is 11.0 Å². The quantitative estimate of drug-likeness (QED) is 0.357. The molecule has 5 rings (SSSR count). The summed E-state index contributed by atoms with van der Waals surface area (Å²) in [6.07, 6.45) is 3.75. The van der Waals surface area contributed by atoms with Crippen LogP contribution in [0, 0.1) is 5.82 Å². The molecule has 0 aliphatic carbocycles. The SMILES string of the molecule is CC(C)c1ccc(N2C(=S)N[C@@H](c3ccccn3)[C@@H]2c2cccn2-c2cccc(F)c2)cc1. The summed E-state index contributed by atoms with van der Waals surface area (Å²) in [5, 5.41) is 4.13. The average Bonchev–Trinajstić information content (AvgIpc) is 3.44. The molecule has 0 unspecified atom stereocenters. The maximum absolute atomic E-state index is 14.0. The molecule has 4 nitrogen and oxygen atoms in total. The van der Waals surface area contributed by atoms with E-state index < -0.39 is 0 Å². The summed E-state index contributed by atoms with van der Waals surface area (Å²) in [5.41, 5.74) is 4.95. The molecular formula is C27H25FN4S. The lowest BCUT2D eigenvalue weighted by Crippen LogP contribution is -2.30. The molecule has 2 aromatic heterocycles. The van der Waals surface area contributed by atoms with Crippen LogP contribution < -0.4 is 10.2 Å². The van der Waals surface area contributed by atoms with Gasteiger partial charge in [0.25, 0.3) is 0 Å². The van der Waals surface area contributed by atoms with Crippen LogP contribution in [0.25, 0.3) is 5.69 Å². The van der Waals surface area contributed by atoms with E-state index in [-0.39, 0.29) is 17.9 Å². The van der Waals surface area contributed by atoms with Gasteiger partial charge in [-0.15, -0.1) is 0 Å². The molecule has 1 aliphatic rings. The van der Waals surface area contributed by atoms with Gasteiger partial charge in [0.1, 0.15) is 11.9 Å².